The fraction of sp³-hybridized carbons (Fsp3) is 0.167. The van der Waals surface area contributed by atoms with Gasteiger partial charge in [-0.05, 0) is 105 Å². The predicted molar refractivity (Wildman–Crippen MR) is 191 cm³/mol. The second-order valence-corrected chi connectivity index (χ2v) is 13.1. The normalized spacial score (nSPS) is 11.3. The molecule has 0 atom stereocenters. The lowest BCUT2D eigenvalue weighted by Crippen LogP contribution is -2.27. The molecular formula is C30H26BBr3Cl4O7. The lowest BCUT2D eigenvalue weighted by Gasteiger charge is -2.05. The highest BCUT2D eigenvalue weighted by atomic mass is 79.9. The Hall–Kier alpha value is -1.19. The second-order valence-electron chi connectivity index (χ2n) is 8.82. The molecule has 1 aliphatic heterocycles. The molecule has 0 bridgehead atoms. The van der Waals surface area contributed by atoms with Gasteiger partial charge in [0.25, 0.3) is 0 Å². The number of methoxy groups -OCH3 is 1. The highest BCUT2D eigenvalue weighted by Crippen LogP contribution is 2.23. The molecule has 4 aromatic rings. The van der Waals surface area contributed by atoms with Gasteiger partial charge < -0.3 is 29.4 Å². The quantitative estimate of drug-likeness (QED) is 0.101. The number of carboxylic acids is 1. The summed E-state index contributed by atoms with van der Waals surface area (Å²) >= 11 is 32.6. The van der Waals surface area contributed by atoms with Crippen molar-refractivity contribution in [1.82, 2.24) is 0 Å². The van der Waals surface area contributed by atoms with Crippen LogP contribution in [0.3, 0.4) is 0 Å². The molecule has 5 rings (SSSR count). The van der Waals surface area contributed by atoms with Gasteiger partial charge in [-0.3, -0.25) is 0 Å². The van der Waals surface area contributed by atoms with Crippen LogP contribution in [0.4, 0.5) is 0 Å². The number of aliphatic hydroxyl groups excluding tert-OH is 1. The molecule has 45 heavy (non-hydrogen) atoms. The Morgan fingerprint density at radius 3 is 1.87 bits per heavy atom. The van der Waals surface area contributed by atoms with Gasteiger partial charge in [-0.1, -0.05) is 84.3 Å². The largest absolute Gasteiger partial charge is 0.491 e. The number of aliphatic hydroxyl groups is 1. The van der Waals surface area contributed by atoms with Gasteiger partial charge in [0.2, 0.25) is 0 Å². The summed E-state index contributed by atoms with van der Waals surface area (Å²) in [5.74, 6) is -0.987. The second kappa shape index (κ2) is 20.9. The third-order valence-electron chi connectivity index (χ3n) is 5.57. The first kappa shape index (κ1) is 40.0. The van der Waals surface area contributed by atoms with Crippen LogP contribution in [-0.4, -0.2) is 42.2 Å². The highest BCUT2D eigenvalue weighted by Gasteiger charge is 2.26. The average Bonchev–Trinajstić information content (AvgIpc) is 3.37. The van der Waals surface area contributed by atoms with Gasteiger partial charge in [0, 0.05) is 40.6 Å². The molecule has 0 amide bonds. The smallest absolute Gasteiger partial charge is 0.478 e. The number of rotatable bonds is 6. The van der Waals surface area contributed by atoms with Crippen molar-refractivity contribution in [2.45, 2.75) is 19.8 Å². The Balaban J connectivity index is 0.000000210. The molecule has 1 heterocycles. The van der Waals surface area contributed by atoms with Crippen molar-refractivity contribution in [1.29, 1.82) is 0 Å². The molecule has 0 saturated heterocycles. The van der Waals surface area contributed by atoms with Crippen molar-refractivity contribution in [2.24, 2.45) is 0 Å². The number of hydrogen-bond donors (Lipinski definition) is 3. The summed E-state index contributed by atoms with van der Waals surface area (Å²) in [6, 6.07) is 20.9. The molecule has 0 aliphatic carbocycles. The van der Waals surface area contributed by atoms with Gasteiger partial charge in [0.15, 0.2) is 0 Å². The summed E-state index contributed by atoms with van der Waals surface area (Å²) in [4.78, 5) is 10.5. The number of hydrogen-bond acceptors (Lipinski definition) is 6. The van der Waals surface area contributed by atoms with E-state index in [0.717, 1.165) is 31.1 Å². The van der Waals surface area contributed by atoms with E-state index in [2.05, 4.69) is 47.8 Å². The maximum absolute atomic E-state index is 10.5. The van der Waals surface area contributed by atoms with E-state index in [9.17, 15) is 9.82 Å². The Morgan fingerprint density at radius 2 is 1.33 bits per heavy atom. The summed E-state index contributed by atoms with van der Waals surface area (Å²) < 4.78 is 17.4. The summed E-state index contributed by atoms with van der Waals surface area (Å²) in [6.45, 7) is 1.26. The van der Waals surface area contributed by atoms with Gasteiger partial charge in [0.1, 0.15) is 6.79 Å². The maximum atomic E-state index is 10.5. The maximum Gasteiger partial charge on any atom is 0.491 e. The van der Waals surface area contributed by atoms with E-state index < -0.39 is 13.1 Å². The van der Waals surface area contributed by atoms with Crippen LogP contribution in [0.2, 0.25) is 20.1 Å². The number of benzene rings is 4. The van der Waals surface area contributed by atoms with Crippen LogP contribution in [0.15, 0.2) is 86.2 Å². The van der Waals surface area contributed by atoms with Gasteiger partial charge in [-0.25, -0.2) is 4.79 Å². The van der Waals surface area contributed by atoms with Crippen LogP contribution in [0.5, 0.6) is 0 Å². The van der Waals surface area contributed by atoms with Crippen LogP contribution in [-0.2, 0) is 33.9 Å². The van der Waals surface area contributed by atoms with Crippen LogP contribution >= 0.6 is 94.2 Å². The fourth-order valence-electron chi connectivity index (χ4n) is 3.41. The highest BCUT2D eigenvalue weighted by molar-refractivity contribution is 9.11. The van der Waals surface area contributed by atoms with Gasteiger partial charge in [-0.15, -0.1) is 0 Å². The van der Waals surface area contributed by atoms with Gasteiger partial charge in [0.05, 0.1) is 25.4 Å². The number of halogens is 7. The Kier molecular flexibility index (Phi) is 18.6. The van der Waals surface area contributed by atoms with Crippen molar-refractivity contribution >= 4 is 113 Å². The van der Waals surface area contributed by atoms with Crippen molar-refractivity contribution in [3.63, 3.8) is 0 Å². The molecule has 3 N–H and O–H groups in total. The zero-order valence-corrected chi connectivity index (χ0v) is 31.2. The molecule has 0 spiro atoms. The molecule has 15 heteroatoms. The van der Waals surface area contributed by atoms with Crippen molar-refractivity contribution < 1.29 is 34.2 Å². The zero-order valence-electron chi connectivity index (χ0n) is 23.5. The topological polar surface area (TPSA) is 105 Å². The van der Waals surface area contributed by atoms with E-state index in [0.29, 0.717) is 44.6 Å². The summed E-state index contributed by atoms with van der Waals surface area (Å²) in [7, 11) is 0.829. The summed E-state index contributed by atoms with van der Waals surface area (Å²) in [5, 5.41) is 29.0. The van der Waals surface area contributed by atoms with E-state index in [1.54, 1.807) is 43.5 Å². The summed E-state index contributed by atoms with van der Waals surface area (Å²) in [5.41, 5.74) is 3.81. The van der Waals surface area contributed by atoms with Gasteiger partial charge >= 0.3 is 13.1 Å². The predicted octanol–water partition coefficient (Wildman–Crippen LogP) is 9.18. The van der Waals surface area contributed by atoms with Crippen molar-refractivity contribution in [2.75, 3.05) is 13.9 Å². The molecule has 240 valence electrons. The monoisotopic (exact) mass is 886 g/mol. The first-order valence-corrected chi connectivity index (χ1v) is 16.6. The number of ether oxygens (including phenoxy) is 2. The van der Waals surface area contributed by atoms with Crippen molar-refractivity contribution in [3.05, 3.63) is 129 Å². The molecule has 0 aromatic heterocycles. The Labute approximate surface area is 306 Å². The Bertz CT molecular complexity index is 1570. The minimum Gasteiger partial charge on any atom is -0.478 e. The number of aromatic carboxylic acids is 1. The minimum atomic E-state index is -0.987. The van der Waals surface area contributed by atoms with Crippen LogP contribution in [0, 0.1) is 0 Å². The number of carbonyl (C=O) groups is 1. The van der Waals surface area contributed by atoms with Crippen LogP contribution in [0.1, 0.15) is 27.0 Å². The lowest BCUT2D eigenvalue weighted by molar-refractivity contribution is -0.0392. The Morgan fingerprint density at radius 1 is 0.822 bits per heavy atom. The minimum absolute atomic E-state index is 0.0150. The van der Waals surface area contributed by atoms with Crippen molar-refractivity contribution in [3.8, 4) is 0 Å². The molecule has 1 aliphatic rings. The van der Waals surface area contributed by atoms with E-state index in [1.165, 1.54) is 6.07 Å². The molecule has 0 unspecified atom stereocenters. The molecule has 0 fully saturated rings. The molecular weight excluding hydrogens is 865 g/mol. The fourth-order valence-corrected chi connectivity index (χ4v) is 5.32. The van der Waals surface area contributed by atoms with E-state index >= 15 is 0 Å². The van der Waals surface area contributed by atoms with E-state index in [4.69, 9.17) is 70.7 Å². The average molecular weight is 891 g/mol. The third kappa shape index (κ3) is 14.2. The third-order valence-corrected chi connectivity index (χ3v) is 8.75. The van der Waals surface area contributed by atoms with E-state index in [1.807, 2.05) is 30.3 Å². The standard InChI is InChI=1S/C9H10BrClO2.C7H6BClO2.C7H4BrClO2.C7H6BrClO/c1-12-6-13-5-7-4-8(11)2-3-9(7)10;9-6-1-2-7-5(3-6)4-11-8(7)10;8-6-2-1-4(9)3-5(6)7(10)11;8-7-2-1-6(9)3-5(7)4-10/h2-4H,5-6H2,1H3;1-3,10H,4H2;1-3H,(H,10,11);1-3,10H,4H2. The first-order chi connectivity index (χ1) is 21.4. The molecule has 7 nitrogen and oxygen atoms in total. The number of fused-ring (bicyclic) bond motifs is 1. The SMILES string of the molecule is COCOCc1cc(Cl)ccc1Br.O=C(O)c1cc(Cl)ccc1Br.OB1OCc2cc(Cl)ccc21.OCc1cc(Cl)ccc1Br. The molecule has 4 aromatic carbocycles. The molecule has 0 radical (unpaired) electrons. The summed E-state index contributed by atoms with van der Waals surface area (Å²) in [6.07, 6.45) is 0. The first-order valence-electron chi connectivity index (χ1n) is 12.7. The zero-order chi connectivity index (χ0) is 33.5. The molecule has 0 saturated carbocycles. The lowest BCUT2D eigenvalue weighted by atomic mass is 9.80. The van der Waals surface area contributed by atoms with Crippen LogP contribution < -0.4 is 5.46 Å². The van der Waals surface area contributed by atoms with Gasteiger partial charge in [-0.2, -0.15) is 0 Å². The van der Waals surface area contributed by atoms with Crippen LogP contribution in [0.25, 0.3) is 0 Å². The van der Waals surface area contributed by atoms with E-state index in [-0.39, 0.29) is 12.2 Å². The number of carboxylic acid groups (broad SMARTS) is 1.